The van der Waals surface area contributed by atoms with Crippen LogP contribution in [0.3, 0.4) is 0 Å². The van der Waals surface area contributed by atoms with E-state index in [9.17, 15) is 4.79 Å². The molecule has 21 heavy (non-hydrogen) atoms. The fourth-order valence-electron chi connectivity index (χ4n) is 2.47. The lowest BCUT2D eigenvalue weighted by atomic mass is 10.0. The number of hydrogen-bond donors (Lipinski definition) is 1. The molecule has 1 N–H and O–H groups in total. The van der Waals surface area contributed by atoms with Crippen LogP contribution in [0.15, 0.2) is 34.9 Å². The Morgan fingerprint density at radius 3 is 3.05 bits per heavy atom. The Morgan fingerprint density at radius 1 is 1.38 bits per heavy atom. The highest BCUT2D eigenvalue weighted by atomic mass is 35.5. The molecule has 0 saturated carbocycles. The summed E-state index contributed by atoms with van der Waals surface area (Å²) >= 11 is 6.56. The fourth-order valence-corrected chi connectivity index (χ4v) is 2.80. The third-order valence-corrected chi connectivity index (χ3v) is 4.05. The number of nitrogens with one attached hydrogen (secondary N) is 1. The van der Waals surface area contributed by atoms with Crippen molar-refractivity contribution in [2.75, 3.05) is 13.2 Å². The quantitative estimate of drug-likeness (QED) is 0.885. The summed E-state index contributed by atoms with van der Waals surface area (Å²) in [6.45, 7) is 3.00. The summed E-state index contributed by atoms with van der Waals surface area (Å²) in [7, 11) is 0. The van der Waals surface area contributed by atoms with Gasteiger partial charge in [-0.15, -0.1) is 11.6 Å². The van der Waals surface area contributed by atoms with Crippen LogP contribution in [0, 0.1) is 0 Å². The lowest BCUT2D eigenvalue weighted by molar-refractivity contribution is 0.0957. The number of carbonyl (C=O) groups excluding carboxylic acids is 1. The molecule has 3 rings (SSSR count). The van der Waals surface area contributed by atoms with Gasteiger partial charge in [-0.1, -0.05) is 13.0 Å². The molecule has 0 saturated heterocycles. The molecule has 0 spiro atoms. The fraction of sp³-hybridized carbons (Fsp3) is 0.312. The second-order valence-electron chi connectivity index (χ2n) is 4.88. The van der Waals surface area contributed by atoms with Gasteiger partial charge in [0.15, 0.2) is 0 Å². The van der Waals surface area contributed by atoms with Crippen LogP contribution >= 0.6 is 11.6 Å². The number of benzene rings is 1. The first kappa shape index (κ1) is 14.0. The van der Waals surface area contributed by atoms with Gasteiger partial charge in [0.2, 0.25) is 0 Å². The zero-order valence-corrected chi connectivity index (χ0v) is 12.4. The molecule has 110 valence electrons. The number of ether oxygens (including phenoxy) is 1. The molecule has 1 amide bonds. The maximum Gasteiger partial charge on any atom is 0.255 e. The normalized spacial score (nSPS) is 15.6. The van der Waals surface area contributed by atoms with Gasteiger partial charge in [0, 0.05) is 12.0 Å². The maximum absolute atomic E-state index is 12.0. The highest BCUT2D eigenvalue weighted by Crippen LogP contribution is 2.34. The molecule has 0 bridgehead atoms. The zero-order valence-electron chi connectivity index (χ0n) is 11.7. The maximum atomic E-state index is 12.0. The molecule has 0 radical (unpaired) electrons. The molecule has 4 nitrogen and oxygen atoms in total. The molecule has 1 aromatic carbocycles. The molecule has 0 aliphatic carbocycles. The SMILES string of the molecule is CCc1occc1C(Cl)c1ccc2c(c1)C(=O)NCCO2. The van der Waals surface area contributed by atoms with Crippen LogP contribution in [0.2, 0.25) is 0 Å². The third kappa shape index (κ3) is 2.63. The molecule has 1 aliphatic heterocycles. The minimum atomic E-state index is -0.347. The van der Waals surface area contributed by atoms with E-state index in [0.717, 1.165) is 23.3 Å². The van der Waals surface area contributed by atoms with E-state index in [-0.39, 0.29) is 11.3 Å². The van der Waals surface area contributed by atoms with Gasteiger partial charge in [0.05, 0.1) is 23.7 Å². The van der Waals surface area contributed by atoms with E-state index in [2.05, 4.69) is 5.32 Å². The summed E-state index contributed by atoms with van der Waals surface area (Å²) in [6.07, 6.45) is 2.42. The second kappa shape index (κ2) is 5.82. The molecule has 2 aromatic rings. The number of furan rings is 1. The molecule has 1 unspecified atom stereocenters. The van der Waals surface area contributed by atoms with Crippen molar-refractivity contribution in [2.45, 2.75) is 18.7 Å². The number of carbonyl (C=O) groups is 1. The van der Waals surface area contributed by atoms with Gasteiger partial charge in [-0.2, -0.15) is 0 Å². The van der Waals surface area contributed by atoms with Crippen LogP contribution in [-0.2, 0) is 6.42 Å². The average Bonchev–Trinajstić information content (AvgIpc) is 2.91. The number of amides is 1. The summed E-state index contributed by atoms with van der Waals surface area (Å²) in [6, 6.07) is 7.36. The largest absolute Gasteiger partial charge is 0.491 e. The number of hydrogen-bond acceptors (Lipinski definition) is 3. The summed E-state index contributed by atoms with van der Waals surface area (Å²) in [5.74, 6) is 1.34. The first-order chi connectivity index (χ1) is 10.2. The third-order valence-electron chi connectivity index (χ3n) is 3.56. The Hall–Kier alpha value is -1.94. The number of fused-ring (bicyclic) bond motifs is 1. The monoisotopic (exact) mass is 305 g/mol. The van der Waals surface area contributed by atoms with Gasteiger partial charge < -0.3 is 14.5 Å². The minimum Gasteiger partial charge on any atom is -0.491 e. The van der Waals surface area contributed by atoms with E-state index in [1.165, 1.54) is 0 Å². The van der Waals surface area contributed by atoms with E-state index < -0.39 is 0 Å². The van der Waals surface area contributed by atoms with Crippen LogP contribution < -0.4 is 10.1 Å². The standard InChI is InChI=1S/C16H16ClNO3/c1-2-13-11(5-7-20-13)15(17)10-3-4-14-12(9-10)16(19)18-6-8-21-14/h3-5,7,9,15H,2,6,8H2,1H3,(H,18,19). The summed E-state index contributed by atoms with van der Waals surface area (Å²) in [4.78, 5) is 12.0. The number of aryl methyl sites for hydroxylation is 1. The van der Waals surface area contributed by atoms with E-state index in [1.807, 2.05) is 19.1 Å². The lowest BCUT2D eigenvalue weighted by Crippen LogP contribution is -2.24. The highest BCUT2D eigenvalue weighted by Gasteiger charge is 2.21. The summed E-state index contributed by atoms with van der Waals surface area (Å²) < 4.78 is 11.0. The number of halogens is 1. The van der Waals surface area contributed by atoms with E-state index >= 15 is 0 Å². The van der Waals surface area contributed by atoms with Crippen molar-refractivity contribution < 1.29 is 13.9 Å². The predicted molar refractivity (Wildman–Crippen MR) is 80.1 cm³/mol. The van der Waals surface area contributed by atoms with Crippen molar-refractivity contribution in [3.8, 4) is 5.75 Å². The second-order valence-corrected chi connectivity index (χ2v) is 5.31. The number of rotatable bonds is 3. The van der Waals surface area contributed by atoms with Crippen molar-refractivity contribution >= 4 is 17.5 Å². The van der Waals surface area contributed by atoms with Crippen molar-refractivity contribution in [2.24, 2.45) is 0 Å². The Morgan fingerprint density at radius 2 is 2.24 bits per heavy atom. The van der Waals surface area contributed by atoms with Crippen LogP contribution in [0.4, 0.5) is 0 Å². The minimum absolute atomic E-state index is 0.129. The molecule has 5 heteroatoms. The van der Waals surface area contributed by atoms with Gasteiger partial charge in [0.1, 0.15) is 18.1 Å². The van der Waals surface area contributed by atoms with Gasteiger partial charge in [0.25, 0.3) is 5.91 Å². The Labute approximate surface area is 128 Å². The molecule has 0 fully saturated rings. The average molecular weight is 306 g/mol. The van der Waals surface area contributed by atoms with Crippen LogP contribution in [0.5, 0.6) is 5.75 Å². The van der Waals surface area contributed by atoms with Crippen LogP contribution in [-0.4, -0.2) is 19.1 Å². The molecule has 1 aromatic heterocycles. The predicted octanol–water partition coefficient (Wildman–Crippen LogP) is 3.29. The van der Waals surface area contributed by atoms with Gasteiger partial charge in [-0.3, -0.25) is 4.79 Å². The van der Waals surface area contributed by atoms with Crippen molar-refractivity contribution in [1.82, 2.24) is 5.32 Å². The van der Waals surface area contributed by atoms with E-state index in [0.29, 0.717) is 24.5 Å². The lowest BCUT2D eigenvalue weighted by Gasteiger charge is -2.13. The van der Waals surface area contributed by atoms with Crippen molar-refractivity contribution in [3.63, 3.8) is 0 Å². The Kier molecular flexibility index (Phi) is 3.88. The first-order valence-electron chi connectivity index (χ1n) is 6.96. The van der Waals surface area contributed by atoms with Crippen LogP contribution in [0.25, 0.3) is 0 Å². The molecular weight excluding hydrogens is 290 g/mol. The van der Waals surface area contributed by atoms with E-state index in [1.54, 1.807) is 18.4 Å². The van der Waals surface area contributed by atoms with Gasteiger partial charge in [-0.05, 0) is 23.8 Å². The first-order valence-corrected chi connectivity index (χ1v) is 7.39. The van der Waals surface area contributed by atoms with E-state index in [4.69, 9.17) is 20.8 Å². The molecule has 1 aliphatic rings. The highest BCUT2D eigenvalue weighted by molar-refractivity contribution is 6.22. The van der Waals surface area contributed by atoms with Crippen molar-refractivity contribution in [1.29, 1.82) is 0 Å². The smallest absolute Gasteiger partial charge is 0.255 e. The Bertz CT molecular complexity index is 665. The molecular formula is C16H16ClNO3. The van der Waals surface area contributed by atoms with Gasteiger partial charge in [-0.25, -0.2) is 0 Å². The molecule has 1 atom stereocenters. The Balaban J connectivity index is 1.98. The summed E-state index contributed by atoms with van der Waals surface area (Å²) in [5, 5.41) is 2.45. The zero-order chi connectivity index (χ0) is 14.8. The topological polar surface area (TPSA) is 51.5 Å². The van der Waals surface area contributed by atoms with Gasteiger partial charge >= 0.3 is 0 Å². The number of alkyl halides is 1. The summed E-state index contributed by atoms with van der Waals surface area (Å²) in [5.41, 5.74) is 2.32. The van der Waals surface area contributed by atoms with Crippen molar-refractivity contribution in [3.05, 3.63) is 53.0 Å². The molecule has 2 heterocycles. The van der Waals surface area contributed by atoms with Crippen LogP contribution in [0.1, 0.15) is 39.5 Å².